The molecule has 5 rings (SSSR count). The summed E-state index contributed by atoms with van der Waals surface area (Å²) < 4.78 is 42.7. The first-order valence-corrected chi connectivity index (χ1v) is 15.3. The largest absolute Gasteiger partial charge is 0.573 e. The number of aromatic nitrogens is 3. The van der Waals surface area contributed by atoms with E-state index in [0.717, 1.165) is 27.9 Å². The molecule has 3 amide bonds. The molecular formula is C32H31F3N6O3S. The molecule has 1 fully saturated rings. The Morgan fingerprint density at radius 3 is 2.62 bits per heavy atom. The van der Waals surface area contributed by atoms with E-state index in [4.69, 9.17) is 0 Å². The predicted molar refractivity (Wildman–Crippen MR) is 168 cm³/mol. The van der Waals surface area contributed by atoms with Crippen LogP contribution in [0.1, 0.15) is 42.9 Å². The number of hydrogen-bond acceptors (Lipinski definition) is 6. The normalized spacial score (nSPS) is 14.4. The maximum atomic E-state index is 12.8. The van der Waals surface area contributed by atoms with Crippen LogP contribution in [-0.2, 0) is 11.2 Å². The standard InChI is InChI=1S/C32H31F3N6O3S/c1-20(2)26-14-9-21(3)16-27(26)41-28(42)18-45-31(41)38-30(43)36-15-5-7-22-6-4-8-23(17-22)29-37-19-40(39-29)24-10-12-25(13-11-24)44-32(33,34)35/h4,6,8-14,16-17,19-20H,5,7,15,18H2,1-3H3,(H,36,43)/b38-31-. The zero-order valence-corrected chi connectivity index (χ0v) is 25.7. The van der Waals surface area contributed by atoms with E-state index in [1.54, 1.807) is 4.90 Å². The second-order valence-electron chi connectivity index (χ2n) is 10.7. The molecule has 4 aromatic rings. The van der Waals surface area contributed by atoms with Crippen molar-refractivity contribution < 1.29 is 27.5 Å². The molecule has 1 aliphatic heterocycles. The third-order valence-corrected chi connectivity index (χ3v) is 7.87. The molecule has 1 aromatic heterocycles. The number of nitrogens with zero attached hydrogens (tertiary/aromatic N) is 5. The highest BCUT2D eigenvalue weighted by Crippen LogP contribution is 2.34. The highest BCUT2D eigenvalue weighted by Gasteiger charge is 2.33. The summed E-state index contributed by atoms with van der Waals surface area (Å²) in [6.45, 7) is 6.48. The first-order chi connectivity index (χ1) is 21.5. The average Bonchev–Trinajstić information content (AvgIpc) is 3.62. The number of anilines is 1. The van der Waals surface area contributed by atoms with Gasteiger partial charge in [0.15, 0.2) is 11.0 Å². The van der Waals surface area contributed by atoms with Crippen LogP contribution in [-0.4, -0.2) is 50.5 Å². The van der Waals surface area contributed by atoms with Crippen molar-refractivity contribution in [3.05, 3.63) is 89.7 Å². The van der Waals surface area contributed by atoms with Crippen molar-refractivity contribution in [1.29, 1.82) is 0 Å². The first kappa shape index (κ1) is 31.8. The number of ether oxygens (including phenoxy) is 1. The van der Waals surface area contributed by atoms with Crippen LogP contribution < -0.4 is 15.0 Å². The van der Waals surface area contributed by atoms with Crippen molar-refractivity contribution in [3.63, 3.8) is 0 Å². The van der Waals surface area contributed by atoms with Crippen LogP contribution in [0.4, 0.5) is 23.7 Å². The van der Waals surface area contributed by atoms with Crippen LogP contribution in [0.5, 0.6) is 5.75 Å². The smallest absolute Gasteiger partial charge is 0.406 e. The number of nitrogens with one attached hydrogen (secondary N) is 1. The van der Waals surface area contributed by atoms with Crippen molar-refractivity contribution in [2.75, 3.05) is 17.2 Å². The van der Waals surface area contributed by atoms with Crippen molar-refractivity contribution in [3.8, 4) is 22.8 Å². The summed E-state index contributed by atoms with van der Waals surface area (Å²) in [6, 6.07) is 18.5. The quantitative estimate of drug-likeness (QED) is 0.198. The van der Waals surface area contributed by atoms with E-state index in [-0.39, 0.29) is 23.3 Å². The number of alkyl halides is 3. The monoisotopic (exact) mass is 636 g/mol. The van der Waals surface area contributed by atoms with E-state index in [1.807, 2.05) is 49.4 Å². The number of benzene rings is 3. The van der Waals surface area contributed by atoms with Gasteiger partial charge in [0.05, 0.1) is 17.1 Å². The van der Waals surface area contributed by atoms with Crippen LogP contribution in [0.15, 0.2) is 78.0 Å². The van der Waals surface area contributed by atoms with Gasteiger partial charge in [0.25, 0.3) is 0 Å². The van der Waals surface area contributed by atoms with E-state index in [9.17, 15) is 22.8 Å². The Bertz CT molecular complexity index is 1720. The summed E-state index contributed by atoms with van der Waals surface area (Å²) in [5.74, 6) is 0.455. The number of aryl methyl sites for hydroxylation is 2. The molecule has 1 N–H and O–H groups in total. The zero-order chi connectivity index (χ0) is 32.1. The first-order valence-electron chi connectivity index (χ1n) is 14.3. The summed E-state index contributed by atoms with van der Waals surface area (Å²) in [6.07, 6.45) is -1.95. The number of rotatable bonds is 9. The predicted octanol–water partition coefficient (Wildman–Crippen LogP) is 7.04. The summed E-state index contributed by atoms with van der Waals surface area (Å²) in [4.78, 5) is 35.6. The Hall–Kier alpha value is -4.65. The molecule has 45 heavy (non-hydrogen) atoms. The van der Waals surface area contributed by atoms with E-state index < -0.39 is 12.4 Å². The molecule has 3 aromatic carbocycles. The van der Waals surface area contributed by atoms with Crippen molar-refractivity contribution in [1.82, 2.24) is 20.1 Å². The summed E-state index contributed by atoms with van der Waals surface area (Å²) in [5, 5.41) is 7.65. The van der Waals surface area contributed by atoms with Crippen LogP contribution in [0.25, 0.3) is 17.1 Å². The van der Waals surface area contributed by atoms with E-state index >= 15 is 0 Å². The summed E-state index contributed by atoms with van der Waals surface area (Å²) in [7, 11) is 0. The molecule has 9 nitrogen and oxygen atoms in total. The van der Waals surface area contributed by atoms with Gasteiger partial charge in [-0.05, 0) is 78.8 Å². The number of urea groups is 1. The second kappa shape index (κ2) is 13.6. The minimum Gasteiger partial charge on any atom is -0.406 e. The topological polar surface area (TPSA) is 102 Å². The van der Waals surface area contributed by atoms with Gasteiger partial charge in [0.1, 0.15) is 12.1 Å². The van der Waals surface area contributed by atoms with Gasteiger partial charge in [-0.2, -0.15) is 4.99 Å². The lowest BCUT2D eigenvalue weighted by molar-refractivity contribution is -0.274. The third-order valence-electron chi connectivity index (χ3n) is 6.94. The highest BCUT2D eigenvalue weighted by molar-refractivity contribution is 8.15. The van der Waals surface area contributed by atoms with E-state index in [2.05, 4.69) is 39.0 Å². The maximum absolute atomic E-state index is 12.8. The third kappa shape index (κ3) is 8.09. The summed E-state index contributed by atoms with van der Waals surface area (Å²) in [5.41, 5.74) is 5.12. The lowest BCUT2D eigenvalue weighted by atomic mass is 9.99. The number of halogens is 3. The van der Waals surface area contributed by atoms with Crippen LogP contribution in [0, 0.1) is 6.92 Å². The van der Waals surface area contributed by atoms with Crippen molar-refractivity contribution >= 4 is 34.6 Å². The molecule has 234 valence electrons. The number of aliphatic imine (C=N–C) groups is 1. The van der Waals surface area contributed by atoms with Gasteiger partial charge >= 0.3 is 12.4 Å². The number of amides is 3. The van der Waals surface area contributed by atoms with Gasteiger partial charge in [-0.3, -0.25) is 9.69 Å². The SMILES string of the molecule is Cc1ccc(C(C)C)c(N2C(=O)CS/C2=N\C(=O)NCCCc2cccc(-c3ncn(-c4ccc(OC(F)(F)F)cc4)n3)c2)c1. The molecule has 0 saturated carbocycles. The molecule has 13 heteroatoms. The number of carbonyl (C=O) groups is 2. The Morgan fingerprint density at radius 2 is 1.89 bits per heavy atom. The Balaban J connectivity index is 1.17. The minimum atomic E-state index is -4.76. The molecule has 0 atom stereocenters. The minimum absolute atomic E-state index is 0.105. The maximum Gasteiger partial charge on any atom is 0.573 e. The van der Waals surface area contributed by atoms with Gasteiger partial charge in [-0.1, -0.05) is 55.9 Å². The van der Waals surface area contributed by atoms with Gasteiger partial charge in [0, 0.05) is 12.1 Å². The van der Waals surface area contributed by atoms with Crippen molar-refractivity contribution in [2.24, 2.45) is 4.99 Å². The summed E-state index contributed by atoms with van der Waals surface area (Å²) >= 11 is 1.25. The number of hydrogen-bond donors (Lipinski definition) is 1. The Kier molecular flexibility index (Phi) is 9.57. The second-order valence-corrected chi connectivity index (χ2v) is 11.7. The van der Waals surface area contributed by atoms with Crippen LogP contribution >= 0.6 is 11.8 Å². The number of amidine groups is 1. The molecule has 0 bridgehead atoms. The van der Waals surface area contributed by atoms with Crippen LogP contribution in [0.2, 0.25) is 0 Å². The fourth-order valence-corrected chi connectivity index (χ4v) is 5.68. The molecule has 0 radical (unpaired) electrons. The number of thioether (sulfide) groups is 1. The molecule has 0 spiro atoms. The Labute approximate surface area is 262 Å². The van der Waals surface area contributed by atoms with Gasteiger partial charge in [0.2, 0.25) is 5.91 Å². The Morgan fingerprint density at radius 1 is 1.11 bits per heavy atom. The number of carbonyl (C=O) groups excluding carboxylic acids is 2. The molecular weight excluding hydrogens is 605 g/mol. The van der Waals surface area contributed by atoms with E-state index in [0.29, 0.717) is 36.1 Å². The van der Waals surface area contributed by atoms with Gasteiger partial charge in [-0.15, -0.1) is 18.3 Å². The van der Waals surface area contributed by atoms with Gasteiger partial charge in [-0.25, -0.2) is 14.5 Å². The lowest BCUT2D eigenvalue weighted by Gasteiger charge is -2.22. The van der Waals surface area contributed by atoms with Gasteiger partial charge < -0.3 is 10.1 Å². The zero-order valence-electron chi connectivity index (χ0n) is 24.8. The highest BCUT2D eigenvalue weighted by atomic mass is 32.2. The fourth-order valence-electron chi connectivity index (χ4n) is 4.82. The molecule has 0 unspecified atom stereocenters. The average molecular weight is 637 g/mol. The van der Waals surface area contributed by atoms with E-state index in [1.165, 1.54) is 47.0 Å². The molecule has 2 heterocycles. The fraction of sp³-hybridized carbons (Fsp3) is 0.281. The van der Waals surface area contributed by atoms with Crippen molar-refractivity contribution in [2.45, 2.75) is 45.9 Å². The molecule has 1 saturated heterocycles. The van der Waals surface area contributed by atoms with Crippen LogP contribution in [0.3, 0.4) is 0 Å². The molecule has 0 aliphatic carbocycles. The molecule has 1 aliphatic rings. The lowest BCUT2D eigenvalue weighted by Crippen LogP contribution is -2.32.